The number of thioether (sulfide) groups is 1. The van der Waals surface area contributed by atoms with Crippen molar-refractivity contribution in [1.82, 2.24) is 19.9 Å². The highest BCUT2D eigenvalue weighted by Crippen LogP contribution is 2.15. The third-order valence-corrected chi connectivity index (χ3v) is 4.12. The zero-order valence-electron chi connectivity index (χ0n) is 12.0. The van der Waals surface area contributed by atoms with Crippen molar-refractivity contribution in [3.05, 3.63) is 60.0 Å². The van der Waals surface area contributed by atoms with Crippen molar-refractivity contribution in [3.8, 4) is 0 Å². The molecule has 0 unspecified atom stereocenters. The van der Waals surface area contributed by atoms with E-state index in [1.807, 2.05) is 47.7 Å². The summed E-state index contributed by atoms with van der Waals surface area (Å²) >= 11 is 1.87. The molecule has 0 bridgehead atoms. The maximum atomic E-state index is 4.40. The summed E-state index contributed by atoms with van der Waals surface area (Å²) in [4.78, 5) is 5.72. The second kappa shape index (κ2) is 6.74. The number of nitrogens with zero attached hydrogens (tertiary/aromatic N) is 3. The van der Waals surface area contributed by atoms with Gasteiger partial charge in [-0.15, -0.1) is 11.8 Å². The van der Waals surface area contributed by atoms with Crippen LogP contribution in [0.3, 0.4) is 0 Å². The van der Waals surface area contributed by atoms with Crippen LogP contribution in [0.15, 0.2) is 53.7 Å². The van der Waals surface area contributed by atoms with Crippen molar-refractivity contribution in [2.24, 2.45) is 0 Å². The van der Waals surface area contributed by atoms with Crippen LogP contribution in [-0.4, -0.2) is 26.9 Å². The molecule has 0 amide bonds. The van der Waals surface area contributed by atoms with Gasteiger partial charge in [0.1, 0.15) is 0 Å². The number of hydrogen-bond donors (Lipinski definition) is 1. The maximum Gasteiger partial charge on any atom is 0.155 e. The van der Waals surface area contributed by atoms with Gasteiger partial charge in [-0.2, -0.15) is 5.10 Å². The lowest BCUT2D eigenvalue weighted by molar-refractivity contribution is 0.721. The van der Waals surface area contributed by atoms with E-state index in [0.717, 1.165) is 35.7 Å². The Morgan fingerprint density at radius 1 is 1.24 bits per heavy atom. The van der Waals surface area contributed by atoms with Crippen molar-refractivity contribution in [2.45, 2.75) is 18.4 Å². The molecule has 1 aromatic carbocycles. The average molecular weight is 298 g/mol. The van der Waals surface area contributed by atoms with E-state index in [4.69, 9.17) is 0 Å². The van der Waals surface area contributed by atoms with Gasteiger partial charge in [0.2, 0.25) is 0 Å². The zero-order chi connectivity index (χ0) is 14.5. The summed E-state index contributed by atoms with van der Waals surface area (Å²) in [5.41, 5.74) is 3.04. The molecule has 0 aliphatic heterocycles. The Kier molecular flexibility index (Phi) is 4.52. The molecule has 3 aromatic rings. The molecule has 3 rings (SSSR count). The number of benzene rings is 1. The Balaban J connectivity index is 1.46. The summed E-state index contributed by atoms with van der Waals surface area (Å²) in [6, 6.07) is 12.5. The first-order valence-electron chi connectivity index (χ1n) is 7.01. The monoisotopic (exact) mass is 298 g/mol. The molecule has 0 radical (unpaired) electrons. The minimum absolute atomic E-state index is 0.817. The number of rotatable bonds is 6. The molecule has 108 valence electrons. The van der Waals surface area contributed by atoms with Crippen molar-refractivity contribution in [1.29, 1.82) is 0 Å². The summed E-state index contributed by atoms with van der Waals surface area (Å²) in [6.07, 6.45) is 3.94. The molecule has 0 saturated carbocycles. The molecule has 0 aliphatic rings. The van der Waals surface area contributed by atoms with Crippen LogP contribution in [0, 0.1) is 6.92 Å². The molecule has 2 aromatic heterocycles. The molecule has 1 N–H and O–H groups in total. The van der Waals surface area contributed by atoms with Crippen LogP contribution in [0.25, 0.3) is 5.65 Å². The summed E-state index contributed by atoms with van der Waals surface area (Å²) < 4.78 is 1.84. The first-order valence-corrected chi connectivity index (χ1v) is 7.99. The van der Waals surface area contributed by atoms with Gasteiger partial charge in [0.15, 0.2) is 5.65 Å². The fourth-order valence-corrected chi connectivity index (χ4v) is 2.95. The Morgan fingerprint density at radius 2 is 2.10 bits per heavy atom. The zero-order valence-corrected chi connectivity index (χ0v) is 12.8. The minimum Gasteiger partial charge on any atom is -0.312 e. The highest BCUT2D eigenvalue weighted by atomic mass is 32.2. The van der Waals surface area contributed by atoms with Gasteiger partial charge < -0.3 is 5.32 Å². The lowest BCUT2D eigenvalue weighted by Gasteiger charge is -2.05. The second-order valence-corrected chi connectivity index (χ2v) is 6.06. The lowest BCUT2D eigenvalue weighted by atomic mass is 10.3. The SMILES string of the molecule is Cc1cc2ncc(CNCCSc3ccccc3)cn2n1. The molecule has 0 fully saturated rings. The Labute approximate surface area is 128 Å². The number of aryl methyl sites for hydroxylation is 1. The van der Waals surface area contributed by atoms with Gasteiger partial charge in [-0.1, -0.05) is 18.2 Å². The lowest BCUT2D eigenvalue weighted by Crippen LogP contribution is -2.17. The minimum atomic E-state index is 0.817. The third-order valence-electron chi connectivity index (χ3n) is 3.11. The van der Waals surface area contributed by atoms with Gasteiger partial charge in [-0.05, 0) is 19.1 Å². The van der Waals surface area contributed by atoms with Crippen LogP contribution in [0.2, 0.25) is 0 Å². The molecule has 21 heavy (non-hydrogen) atoms. The van der Waals surface area contributed by atoms with E-state index in [-0.39, 0.29) is 0 Å². The predicted molar refractivity (Wildman–Crippen MR) is 86.6 cm³/mol. The Morgan fingerprint density at radius 3 is 2.95 bits per heavy atom. The number of aromatic nitrogens is 3. The van der Waals surface area contributed by atoms with Gasteiger partial charge in [0, 0.05) is 47.8 Å². The van der Waals surface area contributed by atoms with Gasteiger partial charge in [0.05, 0.1) is 5.69 Å². The molecule has 0 aliphatic carbocycles. The van der Waals surface area contributed by atoms with Crippen LogP contribution < -0.4 is 5.32 Å². The molecule has 0 atom stereocenters. The number of nitrogens with one attached hydrogen (secondary N) is 1. The second-order valence-electron chi connectivity index (χ2n) is 4.89. The Bertz CT molecular complexity index is 709. The van der Waals surface area contributed by atoms with E-state index < -0.39 is 0 Å². The summed E-state index contributed by atoms with van der Waals surface area (Å²) in [7, 11) is 0. The van der Waals surface area contributed by atoms with E-state index in [2.05, 4.69) is 39.7 Å². The molecule has 2 heterocycles. The van der Waals surface area contributed by atoms with E-state index in [0.29, 0.717) is 0 Å². The van der Waals surface area contributed by atoms with Crippen LogP contribution in [0.4, 0.5) is 0 Å². The topological polar surface area (TPSA) is 42.2 Å². The molecule has 5 heteroatoms. The van der Waals surface area contributed by atoms with Crippen LogP contribution in [-0.2, 0) is 6.54 Å². The maximum absolute atomic E-state index is 4.40. The standard InChI is InChI=1S/C16H18N4S/c1-13-9-16-18-11-14(12-20(16)19-13)10-17-7-8-21-15-5-3-2-4-6-15/h2-6,9,11-12,17H,7-8,10H2,1H3. The summed E-state index contributed by atoms with van der Waals surface area (Å²) in [6.45, 7) is 3.76. The first-order chi connectivity index (χ1) is 10.3. The predicted octanol–water partition coefficient (Wildman–Crippen LogP) is 2.92. The normalized spacial score (nSPS) is 11.1. The van der Waals surface area contributed by atoms with Gasteiger partial charge >= 0.3 is 0 Å². The van der Waals surface area contributed by atoms with Crippen LogP contribution in [0.1, 0.15) is 11.3 Å². The van der Waals surface area contributed by atoms with E-state index in [9.17, 15) is 0 Å². The van der Waals surface area contributed by atoms with Crippen LogP contribution in [0.5, 0.6) is 0 Å². The number of hydrogen-bond acceptors (Lipinski definition) is 4. The molecular weight excluding hydrogens is 280 g/mol. The quantitative estimate of drug-likeness (QED) is 0.561. The van der Waals surface area contributed by atoms with Crippen LogP contribution >= 0.6 is 11.8 Å². The summed E-state index contributed by atoms with van der Waals surface area (Å²) in [5, 5.41) is 7.82. The van der Waals surface area contributed by atoms with Crippen molar-refractivity contribution in [3.63, 3.8) is 0 Å². The highest BCUT2D eigenvalue weighted by molar-refractivity contribution is 7.99. The van der Waals surface area contributed by atoms with Crippen molar-refractivity contribution < 1.29 is 0 Å². The molecule has 0 spiro atoms. The van der Waals surface area contributed by atoms with E-state index in [1.54, 1.807) is 0 Å². The van der Waals surface area contributed by atoms with Gasteiger partial charge in [0.25, 0.3) is 0 Å². The first kappa shape index (κ1) is 14.1. The van der Waals surface area contributed by atoms with Crippen molar-refractivity contribution in [2.75, 3.05) is 12.3 Å². The Hall–Kier alpha value is -1.85. The fraction of sp³-hybridized carbons (Fsp3) is 0.250. The van der Waals surface area contributed by atoms with Gasteiger partial charge in [-0.25, -0.2) is 9.50 Å². The average Bonchev–Trinajstić information content (AvgIpc) is 2.87. The number of fused-ring (bicyclic) bond motifs is 1. The fourth-order valence-electron chi connectivity index (χ4n) is 2.12. The molecular formula is C16H18N4S. The van der Waals surface area contributed by atoms with E-state index in [1.165, 1.54) is 4.90 Å². The van der Waals surface area contributed by atoms with Gasteiger partial charge in [-0.3, -0.25) is 0 Å². The smallest absolute Gasteiger partial charge is 0.155 e. The highest BCUT2D eigenvalue weighted by Gasteiger charge is 2.00. The van der Waals surface area contributed by atoms with E-state index >= 15 is 0 Å². The third kappa shape index (κ3) is 3.83. The van der Waals surface area contributed by atoms with Crippen molar-refractivity contribution >= 4 is 17.4 Å². The molecule has 4 nitrogen and oxygen atoms in total. The summed E-state index contributed by atoms with van der Waals surface area (Å²) in [5.74, 6) is 1.06. The largest absolute Gasteiger partial charge is 0.312 e. The molecule has 0 saturated heterocycles.